The summed E-state index contributed by atoms with van der Waals surface area (Å²) in [6, 6.07) is 11.4. The smallest absolute Gasteiger partial charge is 0.339 e. The molecule has 1 amide bonds. The second-order valence-electron chi connectivity index (χ2n) is 7.59. The summed E-state index contributed by atoms with van der Waals surface area (Å²) in [5.74, 6) is -1.35. The molecule has 0 atom stereocenters. The zero-order valence-electron chi connectivity index (χ0n) is 16.9. The lowest BCUT2D eigenvalue weighted by molar-refractivity contribution is 0.0696. The van der Waals surface area contributed by atoms with Crippen molar-refractivity contribution in [3.05, 3.63) is 59.3 Å². The first-order valence-corrected chi connectivity index (χ1v) is 9.26. The fourth-order valence-corrected chi connectivity index (χ4v) is 3.16. The first-order chi connectivity index (χ1) is 14.1. The number of nitrogens with one attached hydrogen (secondary N) is 1. The summed E-state index contributed by atoms with van der Waals surface area (Å²) < 4.78 is 5.92. The van der Waals surface area contributed by atoms with Crippen molar-refractivity contribution in [2.24, 2.45) is 0 Å². The van der Waals surface area contributed by atoms with Crippen molar-refractivity contribution in [1.29, 1.82) is 0 Å². The number of benzene rings is 2. The summed E-state index contributed by atoms with van der Waals surface area (Å²) in [6.45, 7) is 5.19. The van der Waals surface area contributed by atoms with Gasteiger partial charge < -0.3 is 26.0 Å². The summed E-state index contributed by atoms with van der Waals surface area (Å²) >= 11 is 0. The Kier molecular flexibility index (Phi) is 5.51. The van der Waals surface area contributed by atoms with E-state index in [-0.39, 0.29) is 29.2 Å². The Balaban J connectivity index is 1.86. The van der Waals surface area contributed by atoms with Crippen LogP contribution in [0.3, 0.4) is 0 Å². The number of rotatable bonds is 6. The molecule has 0 bridgehead atoms. The first kappa shape index (κ1) is 20.9. The van der Waals surface area contributed by atoms with Crippen LogP contribution in [0.1, 0.15) is 40.3 Å². The van der Waals surface area contributed by atoms with Crippen molar-refractivity contribution >= 4 is 28.5 Å². The van der Waals surface area contributed by atoms with Crippen LogP contribution in [0.25, 0.3) is 10.9 Å². The molecular weight excluding hydrogens is 386 g/mol. The molecule has 8 heteroatoms. The number of anilines is 1. The maximum atomic E-state index is 12.5. The number of aromatic carboxylic acids is 1. The van der Waals surface area contributed by atoms with Crippen molar-refractivity contribution in [1.82, 2.24) is 10.3 Å². The molecule has 0 aliphatic rings. The van der Waals surface area contributed by atoms with Crippen molar-refractivity contribution in [3.63, 3.8) is 0 Å². The molecular formula is C22H23N3O5. The zero-order valence-corrected chi connectivity index (χ0v) is 16.9. The number of carbonyl (C=O) groups excluding carboxylic acids is 1. The summed E-state index contributed by atoms with van der Waals surface area (Å²) in [6.07, 6.45) is 0. The van der Waals surface area contributed by atoms with Gasteiger partial charge in [0.2, 0.25) is 0 Å². The molecule has 0 radical (unpaired) electrons. The molecule has 0 unspecified atom stereocenters. The van der Waals surface area contributed by atoms with Gasteiger partial charge in [-0.05, 0) is 45.0 Å². The Labute approximate surface area is 173 Å². The maximum Gasteiger partial charge on any atom is 0.339 e. The van der Waals surface area contributed by atoms with Gasteiger partial charge in [0.1, 0.15) is 23.7 Å². The molecule has 156 valence electrons. The number of nitrogen functional groups attached to an aromatic ring is 1. The van der Waals surface area contributed by atoms with Gasteiger partial charge in [-0.2, -0.15) is 0 Å². The molecule has 3 rings (SSSR count). The van der Waals surface area contributed by atoms with Crippen LogP contribution in [-0.2, 0) is 0 Å². The van der Waals surface area contributed by atoms with Crippen LogP contribution in [0, 0.1) is 6.92 Å². The number of amides is 1. The van der Waals surface area contributed by atoms with E-state index in [9.17, 15) is 19.8 Å². The summed E-state index contributed by atoms with van der Waals surface area (Å²) in [5.41, 5.74) is 6.35. The minimum Gasteiger partial charge on any atom is -0.507 e. The van der Waals surface area contributed by atoms with Crippen LogP contribution in [0.5, 0.6) is 11.5 Å². The molecule has 5 N–H and O–H groups in total. The highest BCUT2D eigenvalue weighted by atomic mass is 16.5. The third kappa shape index (κ3) is 4.12. The van der Waals surface area contributed by atoms with Gasteiger partial charge in [-0.1, -0.05) is 18.2 Å². The summed E-state index contributed by atoms with van der Waals surface area (Å²) in [7, 11) is 0. The number of aryl methyl sites for hydroxylation is 1. The number of ether oxygens (including phenoxy) is 1. The van der Waals surface area contributed by atoms with Crippen LogP contribution in [0.4, 0.5) is 5.69 Å². The third-order valence-electron chi connectivity index (χ3n) is 4.60. The largest absolute Gasteiger partial charge is 0.507 e. The van der Waals surface area contributed by atoms with Gasteiger partial charge in [-0.3, -0.25) is 9.78 Å². The zero-order chi connectivity index (χ0) is 22.1. The number of carbonyl (C=O) groups is 2. The number of hydrogen-bond donors (Lipinski definition) is 4. The number of aromatic nitrogens is 1. The molecule has 0 aliphatic carbocycles. The fourth-order valence-electron chi connectivity index (χ4n) is 3.16. The molecule has 1 aromatic heterocycles. The third-order valence-corrected chi connectivity index (χ3v) is 4.60. The van der Waals surface area contributed by atoms with Crippen molar-refractivity contribution in [2.75, 3.05) is 12.3 Å². The highest BCUT2D eigenvalue weighted by Crippen LogP contribution is 2.33. The quantitative estimate of drug-likeness (QED) is 0.491. The Morgan fingerprint density at radius 1 is 1.17 bits per heavy atom. The van der Waals surface area contributed by atoms with Crippen LogP contribution >= 0.6 is 0 Å². The van der Waals surface area contributed by atoms with Gasteiger partial charge in [-0.25, -0.2) is 4.79 Å². The van der Waals surface area contributed by atoms with E-state index in [1.807, 2.05) is 0 Å². The monoisotopic (exact) mass is 409 g/mol. The highest BCUT2D eigenvalue weighted by molar-refractivity contribution is 6.06. The van der Waals surface area contributed by atoms with Gasteiger partial charge in [-0.15, -0.1) is 0 Å². The van der Waals surface area contributed by atoms with Gasteiger partial charge >= 0.3 is 5.97 Å². The Morgan fingerprint density at radius 3 is 2.53 bits per heavy atom. The van der Waals surface area contributed by atoms with Crippen molar-refractivity contribution in [3.8, 4) is 11.5 Å². The Bertz CT molecular complexity index is 1140. The second kappa shape index (κ2) is 7.90. The lowest BCUT2D eigenvalue weighted by atomic mass is 10.0. The van der Waals surface area contributed by atoms with Crippen molar-refractivity contribution < 1.29 is 24.5 Å². The van der Waals surface area contributed by atoms with Crippen LogP contribution < -0.4 is 15.8 Å². The minimum absolute atomic E-state index is 0.0642. The number of aromatic hydroxyl groups is 1. The maximum absolute atomic E-state index is 12.5. The molecule has 8 nitrogen and oxygen atoms in total. The number of phenolic OH excluding ortho intramolecular Hbond substituents is 1. The number of para-hydroxylation sites is 1. The average molecular weight is 409 g/mol. The number of pyridine rings is 1. The first-order valence-electron chi connectivity index (χ1n) is 9.26. The van der Waals surface area contributed by atoms with E-state index in [0.29, 0.717) is 22.3 Å². The number of phenols is 1. The van der Waals surface area contributed by atoms with E-state index in [1.165, 1.54) is 12.1 Å². The number of hydrogen-bond acceptors (Lipinski definition) is 6. The van der Waals surface area contributed by atoms with Gasteiger partial charge in [0.25, 0.3) is 5.91 Å². The number of nitrogens with zero attached hydrogens (tertiary/aromatic N) is 1. The van der Waals surface area contributed by atoms with E-state index >= 15 is 0 Å². The number of carboxylic acids is 1. The normalized spacial score (nSPS) is 11.3. The van der Waals surface area contributed by atoms with E-state index < -0.39 is 17.4 Å². The standard InChI is InChI=1S/C22H23N3O5/c1-12-17(21(28)29)19(23)18-14(24-12)8-6-10-16(18)30-11-22(2,3)25-20(27)13-7-4-5-9-15(13)26/h4-10,26H,11H2,1-3H3,(H2,23,24)(H,25,27)(H,28,29). The molecule has 30 heavy (non-hydrogen) atoms. The summed E-state index contributed by atoms with van der Waals surface area (Å²) in [5, 5.41) is 22.5. The Hall–Kier alpha value is -3.81. The molecule has 1 heterocycles. The molecule has 0 saturated carbocycles. The lowest BCUT2D eigenvalue weighted by Gasteiger charge is -2.27. The molecule has 0 spiro atoms. The second-order valence-corrected chi connectivity index (χ2v) is 7.59. The molecule has 3 aromatic rings. The van der Waals surface area contributed by atoms with Crippen LogP contribution in [-0.4, -0.2) is 39.2 Å². The number of carboxylic acid groups (broad SMARTS) is 1. The van der Waals surface area contributed by atoms with E-state index in [1.54, 1.807) is 51.1 Å². The number of fused-ring (bicyclic) bond motifs is 1. The predicted molar refractivity (Wildman–Crippen MR) is 113 cm³/mol. The van der Waals surface area contributed by atoms with E-state index in [2.05, 4.69) is 10.3 Å². The average Bonchev–Trinajstić information content (AvgIpc) is 2.65. The van der Waals surface area contributed by atoms with Crippen LogP contribution in [0.2, 0.25) is 0 Å². The fraction of sp³-hybridized carbons (Fsp3) is 0.227. The molecule has 0 fully saturated rings. The predicted octanol–water partition coefficient (Wildman–Crippen LogP) is 3.12. The summed E-state index contributed by atoms with van der Waals surface area (Å²) in [4.78, 5) is 28.4. The Morgan fingerprint density at radius 2 is 1.87 bits per heavy atom. The van der Waals surface area contributed by atoms with E-state index in [0.717, 1.165) is 0 Å². The molecule has 0 saturated heterocycles. The topological polar surface area (TPSA) is 135 Å². The highest BCUT2D eigenvalue weighted by Gasteiger charge is 2.25. The number of nitrogens with two attached hydrogens (primary N) is 1. The minimum atomic E-state index is -1.16. The lowest BCUT2D eigenvalue weighted by Crippen LogP contribution is -2.47. The molecule has 0 aliphatic heterocycles. The van der Waals surface area contributed by atoms with Gasteiger partial charge in [0.15, 0.2) is 0 Å². The van der Waals surface area contributed by atoms with Gasteiger partial charge in [0.05, 0.1) is 33.4 Å². The van der Waals surface area contributed by atoms with Crippen molar-refractivity contribution in [2.45, 2.75) is 26.3 Å². The van der Waals surface area contributed by atoms with E-state index in [4.69, 9.17) is 10.5 Å². The van der Waals surface area contributed by atoms with Crippen LogP contribution in [0.15, 0.2) is 42.5 Å². The van der Waals surface area contributed by atoms with Gasteiger partial charge in [0, 0.05) is 0 Å². The SMILES string of the molecule is Cc1nc2cccc(OCC(C)(C)NC(=O)c3ccccc3O)c2c(N)c1C(=O)O. The molecule has 2 aromatic carbocycles.